The van der Waals surface area contributed by atoms with Gasteiger partial charge < -0.3 is 5.32 Å². The molecule has 0 aromatic carbocycles. The molecule has 0 fully saturated rings. The molecule has 0 aliphatic rings. The fourth-order valence-corrected chi connectivity index (χ4v) is 0.956. The van der Waals surface area contributed by atoms with Gasteiger partial charge in [0, 0.05) is 18.2 Å². The first kappa shape index (κ1) is 10.3. The van der Waals surface area contributed by atoms with Crippen LogP contribution in [0.25, 0.3) is 0 Å². The highest BCUT2D eigenvalue weighted by Crippen LogP contribution is 2.27. The summed E-state index contributed by atoms with van der Waals surface area (Å²) in [5.74, 6) is 0. The van der Waals surface area contributed by atoms with Crippen molar-refractivity contribution < 1.29 is 0 Å². The molecule has 0 amide bonds. The molecule has 64 valence electrons. The van der Waals surface area contributed by atoms with Crippen molar-refractivity contribution in [2.75, 3.05) is 7.05 Å². The molecule has 0 unspecified atom stereocenters. The lowest BCUT2D eigenvalue weighted by atomic mass is 9.86. The summed E-state index contributed by atoms with van der Waals surface area (Å²) in [6, 6.07) is 0. The van der Waals surface area contributed by atoms with Crippen LogP contribution < -0.4 is 5.32 Å². The van der Waals surface area contributed by atoms with Crippen molar-refractivity contribution in [3.8, 4) is 0 Å². The van der Waals surface area contributed by atoms with E-state index >= 15 is 0 Å². The van der Waals surface area contributed by atoms with Crippen LogP contribution in [0.1, 0.15) is 27.2 Å². The second kappa shape index (κ2) is 4.22. The minimum absolute atomic E-state index is 0.239. The van der Waals surface area contributed by atoms with Crippen LogP contribution in [-0.2, 0) is 0 Å². The SMILES string of the molecule is C=C/C=C(/NC)C(C)(C)CC. The molecule has 1 N–H and O–H groups in total. The number of hydrogen-bond acceptors (Lipinski definition) is 1. The van der Waals surface area contributed by atoms with Crippen molar-refractivity contribution in [2.24, 2.45) is 5.41 Å². The van der Waals surface area contributed by atoms with E-state index in [-0.39, 0.29) is 5.41 Å². The second-order valence-corrected chi connectivity index (χ2v) is 3.30. The van der Waals surface area contributed by atoms with Crippen LogP contribution in [0.2, 0.25) is 0 Å². The maximum Gasteiger partial charge on any atom is 0.0161 e. The van der Waals surface area contributed by atoms with E-state index in [2.05, 4.69) is 32.7 Å². The molecule has 0 bridgehead atoms. The average molecular weight is 153 g/mol. The third kappa shape index (κ3) is 2.79. The molecule has 0 radical (unpaired) electrons. The predicted octanol–water partition coefficient (Wildman–Crippen LogP) is 2.71. The summed E-state index contributed by atoms with van der Waals surface area (Å²) in [6.45, 7) is 10.3. The number of allylic oxidation sites excluding steroid dienone is 3. The molecule has 0 aromatic rings. The van der Waals surface area contributed by atoms with Crippen molar-refractivity contribution >= 4 is 0 Å². The van der Waals surface area contributed by atoms with E-state index in [1.54, 1.807) is 0 Å². The zero-order valence-electron chi connectivity index (χ0n) is 8.07. The van der Waals surface area contributed by atoms with Crippen LogP contribution in [0.4, 0.5) is 0 Å². The van der Waals surface area contributed by atoms with Gasteiger partial charge in [-0.2, -0.15) is 0 Å². The molecule has 0 rings (SSSR count). The minimum atomic E-state index is 0.239. The van der Waals surface area contributed by atoms with Crippen molar-refractivity contribution in [3.63, 3.8) is 0 Å². The average Bonchev–Trinajstić information content (AvgIpc) is 2.00. The molecular weight excluding hydrogens is 134 g/mol. The molecule has 1 heteroatoms. The highest BCUT2D eigenvalue weighted by atomic mass is 14.8. The van der Waals surface area contributed by atoms with Crippen molar-refractivity contribution in [3.05, 3.63) is 24.4 Å². The third-order valence-electron chi connectivity index (χ3n) is 2.17. The van der Waals surface area contributed by atoms with Gasteiger partial charge in [0.1, 0.15) is 0 Å². The van der Waals surface area contributed by atoms with Crippen LogP contribution in [0.15, 0.2) is 24.4 Å². The van der Waals surface area contributed by atoms with E-state index < -0.39 is 0 Å². The van der Waals surface area contributed by atoms with Gasteiger partial charge in [-0.05, 0) is 12.5 Å². The summed E-state index contributed by atoms with van der Waals surface area (Å²) in [5, 5.41) is 3.18. The van der Waals surface area contributed by atoms with Crippen molar-refractivity contribution in [1.29, 1.82) is 0 Å². The molecular formula is C10H19N. The van der Waals surface area contributed by atoms with E-state index in [4.69, 9.17) is 0 Å². The van der Waals surface area contributed by atoms with Gasteiger partial charge in [0.25, 0.3) is 0 Å². The molecule has 0 aromatic heterocycles. The zero-order valence-corrected chi connectivity index (χ0v) is 8.07. The monoisotopic (exact) mass is 153 g/mol. The smallest absolute Gasteiger partial charge is 0.0161 e. The Balaban J connectivity index is 4.48. The Labute approximate surface area is 70.2 Å². The Kier molecular flexibility index (Phi) is 3.94. The maximum absolute atomic E-state index is 3.68. The predicted molar refractivity (Wildman–Crippen MR) is 51.4 cm³/mol. The normalized spacial score (nSPS) is 12.9. The fourth-order valence-electron chi connectivity index (χ4n) is 0.956. The summed E-state index contributed by atoms with van der Waals surface area (Å²) in [5.41, 5.74) is 1.48. The molecule has 0 aliphatic carbocycles. The summed E-state index contributed by atoms with van der Waals surface area (Å²) in [4.78, 5) is 0. The van der Waals surface area contributed by atoms with Crippen LogP contribution in [-0.4, -0.2) is 7.05 Å². The number of hydrogen-bond donors (Lipinski definition) is 1. The van der Waals surface area contributed by atoms with Crippen LogP contribution >= 0.6 is 0 Å². The molecule has 0 spiro atoms. The first-order valence-electron chi connectivity index (χ1n) is 4.09. The van der Waals surface area contributed by atoms with Gasteiger partial charge in [0.2, 0.25) is 0 Å². The molecule has 0 atom stereocenters. The first-order chi connectivity index (χ1) is 5.08. The molecule has 0 aliphatic heterocycles. The summed E-state index contributed by atoms with van der Waals surface area (Å²) < 4.78 is 0. The van der Waals surface area contributed by atoms with Gasteiger partial charge in [0.15, 0.2) is 0 Å². The number of nitrogens with one attached hydrogen (secondary N) is 1. The first-order valence-corrected chi connectivity index (χ1v) is 4.09. The van der Waals surface area contributed by atoms with E-state index in [0.717, 1.165) is 6.42 Å². The highest BCUT2D eigenvalue weighted by Gasteiger charge is 2.18. The third-order valence-corrected chi connectivity index (χ3v) is 2.17. The largest absolute Gasteiger partial charge is 0.391 e. The van der Waals surface area contributed by atoms with Crippen LogP contribution in [0.5, 0.6) is 0 Å². The van der Waals surface area contributed by atoms with Crippen LogP contribution in [0, 0.1) is 5.41 Å². The molecule has 0 heterocycles. The summed E-state index contributed by atoms with van der Waals surface area (Å²) in [6.07, 6.45) is 4.99. The van der Waals surface area contributed by atoms with Crippen molar-refractivity contribution in [1.82, 2.24) is 5.32 Å². The highest BCUT2D eigenvalue weighted by molar-refractivity contribution is 5.15. The summed E-state index contributed by atoms with van der Waals surface area (Å²) >= 11 is 0. The quantitative estimate of drug-likeness (QED) is 0.612. The van der Waals surface area contributed by atoms with Crippen LogP contribution in [0.3, 0.4) is 0 Å². The van der Waals surface area contributed by atoms with Gasteiger partial charge in [-0.1, -0.05) is 33.4 Å². The van der Waals surface area contributed by atoms with Crippen molar-refractivity contribution in [2.45, 2.75) is 27.2 Å². The lowest BCUT2D eigenvalue weighted by Gasteiger charge is -2.26. The Morgan fingerprint density at radius 2 is 2.09 bits per heavy atom. The fraction of sp³-hybridized carbons (Fsp3) is 0.600. The second-order valence-electron chi connectivity index (χ2n) is 3.30. The topological polar surface area (TPSA) is 12.0 Å². The Hall–Kier alpha value is -0.720. The Morgan fingerprint density at radius 1 is 1.55 bits per heavy atom. The minimum Gasteiger partial charge on any atom is -0.391 e. The number of rotatable bonds is 4. The van der Waals surface area contributed by atoms with E-state index in [1.165, 1.54) is 5.70 Å². The van der Waals surface area contributed by atoms with E-state index in [1.807, 2.05) is 19.2 Å². The lowest BCUT2D eigenvalue weighted by molar-refractivity contribution is 0.406. The molecule has 0 saturated carbocycles. The Morgan fingerprint density at radius 3 is 2.36 bits per heavy atom. The molecule has 11 heavy (non-hydrogen) atoms. The van der Waals surface area contributed by atoms with Gasteiger partial charge in [-0.3, -0.25) is 0 Å². The standard InChI is InChI=1S/C10H19N/c1-6-8-9(11-5)10(3,4)7-2/h6,8,11H,1,7H2,2-5H3/b9-8+. The molecule has 1 nitrogen and oxygen atoms in total. The Bertz CT molecular complexity index is 154. The van der Waals surface area contributed by atoms with Gasteiger partial charge in [0.05, 0.1) is 0 Å². The van der Waals surface area contributed by atoms with Gasteiger partial charge >= 0.3 is 0 Å². The van der Waals surface area contributed by atoms with E-state index in [9.17, 15) is 0 Å². The van der Waals surface area contributed by atoms with E-state index in [0.29, 0.717) is 0 Å². The van der Waals surface area contributed by atoms with Gasteiger partial charge in [-0.15, -0.1) is 0 Å². The maximum atomic E-state index is 3.68. The van der Waals surface area contributed by atoms with Gasteiger partial charge in [-0.25, -0.2) is 0 Å². The lowest BCUT2D eigenvalue weighted by Crippen LogP contribution is -2.23. The summed E-state index contributed by atoms with van der Waals surface area (Å²) in [7, 11) is 1.95. The zero-order chi connectivity index (χ0) is 8.91. The molecule has 0 saturated heterocycles.